The lowest BCUT2D eigenvalue weighted by Crippen LogP contribution is -2.33. The third kappa shape index (κ3) is 7.26. The van der Waals surface area contributed by atoms with Crippen LogP contribution in [0.25, 0.3) is 0 Å². The van der Waals surface area contributed by atoms with Crippen LogP contribution in [0.4, 0.5) is 31.5 Å². The standard InChI is InChI=1S/C15H15Cl2N3.C15H14ClF2N3/c16-14-4-3-11(8-15(14)17)20(13-5-7-19-10-13)12-2-1-6-18-9-12;16-13-7-10(1-3-14(13)17)21(12-5-6-19-8-12)11-2-4-15(18)20-9-11/h1-4,6,8-9,13,19H,5,7,10H2;1-4,7,9,12,19H,5-6,8H2/t13-;12-/m00/s1. The molecule has 2 aliphatic rings. The van der Waals surface area contributed by atoms with E-state index in [-0.39, 0.29) is 11.1 Å². The Balaban J connectivity index is 0.000000165. The number of nitrogens with zero attached hydrogens (tertiary/aromatic N) is 4. The highest BCUT2D eigenvalue weighted by atomic mass is 35.5. The van der Waals surface area contributed by atoms with Crippen LogP contribution in [-0.2, 0) is 0 Å². The van der Waals surface area contributed by atoms with Crippen LogP contribution in [0.3, 0.4) is 0 Å². The van der Waals surface area contributed by atoms with Crippen LogP contribution >= 0.6 is 34.8 Å². The van der Waals surface area contributed by atoms with Gasteiger partial charge in [-0.05, 0) is 86.6 Å². The number of pyridine rings is 2. The zero-order valence-electron chi connectivity index (χ0n) is 22.1. The van der Waals surface area contributed by atoms with Crippen molar-refractivity contribution in [1.29, 1.82) is 0 Å². The molecule has 2 aliphatic heterocycles. The normalized spacial score (nSPS) is 18.1. The van der Waals surface area contributed by atoms with Gasteiger partial charge < -0.3 is 20.4 Å². The van der Waals surface area contributed by atoms with Crippen LogP contribution in [0.1, 0.15) is 12.8 Å². The number of hydrogen-bond donors (Lipinski definition) is 2. The summed E-state index contributed by atoms with van der Waals surface area (Å²) in [6.07, 6.45) is 7.16. The van der Waals surface area contributed by atoms with E-state index in [9.17, 15) is 8.78 Å². The molecule has 0 aliphatic carbocycles. The Labute approximate surface area is 253 Å². The Bertz CT molecular complexity index is 1430. The van der Waals surface area contributed by atoms with Crippen LogP contribution in [0, 0.1) is 11.8 Å². The van der Waals surface area contributed by atoms with E-state index in [1.807, 2.05) is 35.4 Å². The van der Waals surface area contributed by atoms with Crippen LogP contribution in [0.2, 0.25) is 15.1 Å². The van der Waals surface area contributed by atoms with Gasteiger partial charge >= 0.3 is 0 Å². The summed E-state index contributed by atoms with van der Waals surface area (Å²) in [6, 6.07) is 17.9. The van der Waals surface area contributed by atoms with Gasteiger partial charge in [-0.1, -0.05) is 34.8 Å². The predicted octanol–water partition coefficient (Wildman–Crippen LogP) is 7.40. The molecule has 6 nitrogen and oxygen atoms in total. The van der Waals surface area contributed by atoms with Gasteiger partial charge in [0, 0.05) is 42.7 Å². The van der Waals surface area contributed by atoms with Gasteiger partial charge in [0.1, 0.15) is 5.82 Å². The van der Waals surface area contributed by atoms with E-state index in [4.69, 9.17) is 34.8 Å². The van der Waals surface area contributed by atoms with Gasteiger partial charge in [-0.2, -0.15) is 4.39 Å². The Kier molecular flexibility index (Phi) is 9.90. The predicted molar refractivity (Wildman–Crippen MR) is 163 cm³/mol. The average molecular weight is 618 g/mol. The highest BCUT2D eigenvalue weighted by molar-refractivity contribution is 6.42. The minimum absolute atomic E-state index is 0.0681. The van der Waals surface area contributed by atoms with E-state index in [1.165, 1.54) is 18.3 Å². The summed E-state index contributed by atoms with van der Waals surface area (Å²) in [5.74, 6) is -0.984. The number of benzene rings is 2. The van der Waals surface area contributed by atoms with Crippen LogP contribution < -0.4 is 20.4 Å². The third-order valence-electron chi connectivity index (χ3n) is 7.08. The number of nitrogens with one attached hydrogen (secondary N) is 2. The van der Waals surface area contributed by atoms with E-state index in [0.29, 0.717) is 16.1 Å². The molecule has 2 saturated heterocycles. The maximum absolute atomic E-state index is 13.4. The van der Waals surface area contributed by atoms with E-state index in [2.05, 4.69) is 31.6 Å². The van der Waals surface area contributed by atoms with Gasteiger partial charge in [0.15, 0.2) is 0 Å². The van der Waals surface area contributed by atoms with Gasteiger partial charge in [-0.15, -0.1) is 0 Å². The molecule has 0 radical (unpaired) electrons. The summed E-state index contributed by atoms with van der Waals surface area (Å²) in [6.45, 7) is 3.69. The summed E-state index contributed by atoms with van der Waals surface area (Å²) < 4.78 is 26.4. The fourth-order valence-electron chi connectivity index (χ4n) is 5.14. The molecule has 4 aromatic rings. The monoisotopic (exact) mass is 616 g/mol. The topological polar surface area (TPSA) is 56.3 Å². The molecule has 0 saturated carbocycles. The summed E-state index contributed by atoms with van der Waals surface area (Å²) in [7, 11) is 0. The second-order valence-corrected chi connectivity index (χ2v) is 11.0. The Morgan fingerprint density at radius 2 is 1.29 bits per heavy atom. The Hall–Kier alpha value is -3.01. The Morgan fingerprint density at radius 3 is 1.80 bits per heavy atom. The molecule has 0 spiro atoms. The molecule has 2 fully saturated rings. The molecule has 0 amide bonds. The lowest BCUT2D eigenvalue weighted by Gasteiger charge is -2.30. The fourth-order valence-corrected chi connectivity index (χ4v) is 5.60. The van der Waals surface area contributed by atoms with Crippen LogP contribution in [0.15, 0.2) is 79.3 Å². The first-order valence-corrected chi connectivity index (χ1v) is 14.5. The number of rotatable bonds is 6. The first-order chi connectivity index (χ1) is 19.9. The fraction of sp³-hybridized carbons (Fsp3) is 0.267. The zero-order chi connectivity index (χ0) is 28.8. The first kappa shape index (κ1) is 29.5. The SMILES string of the molecule is Clc1ccc(N(c2cccnc2)[C@H]2CCNC2)cc1Cl.Fc1ccc(N(c2ccc(F)c(Cl)c2)[C@H]2CCNC2)cn1. The molecule has 0 bridgehead atoms. The second kappa shape index (κ2) is 13.8. The van der Waals surface area contributed by atoms with E-state index < -0.39 is 11.8 Å². The van der Waals surface area contributed by atoms with Gasteiger partial charge in [-0.25, -0.2) is 9.37 Å². The minimum atomic E-state index is -0.527. The largest absolute Gasteiger partial charge is 0.336 e. The molecular weight excluding hydrogens is 589 g/mol. The first-order valence-electron chi connectivity index (χ1n) is 13.3. The molecule has 41 heavy (non-hydrogen) atoms. The van der Waals surface area contributed by atoms with Gasteiger partial charge in [0.2, 0.25) is 5.95 Å². The van der Waals surface area contributed by atoms with Gasteiger partial charge in [0.25, 0.3) is 0 Å². The van der Waals surface area contributed by atoms with Crippen LogP contribution in [0.5, 0.6) is 0 Å². The third-order valence-corrected chi connectivity index (χ3v) is 8.10. The van der Waals surface area contributed by atoms with E-state index in [1.54, 1.807) is 24.4 Å². The Morgan fingerprint density at radius 1 is 0.683 bits per heavy atom. The molecule has 2 atom stereocenters. The van der Waals surface area contributed by atoms with Crippen molar-refractivity contribution < 1.29 is 8.78 Å². The average Bonchev–Trinajstić information content (AvgIpc) is 3.71. The molecule has 214 valence electrons. The number of hydrogen-bond acceptors (Lipinski definition) is 6. The van der Waals surface area contributed by atoms with Crippen molar-refractivity contribution in [1.82, 2.24) is 20.6 Å². The number of anilines is 4. The van der Waals surface area contributed by atoms with Gasteiger partial charge in [0.05, 0.1) is 38.8 Å². The van der Waals surface area contributed by atoms with Crippen molar-refractivity contribution in [3.05, 3.63) is 106 Å². The van der Waals surface area contributed by atoms with Crippen molar-refractivity contribution in [3.63, 3.8) is 0 Å². The summed E-state index contributed by atoms with van der Waals surface area (Å²) in [5.41, 5.74) is 3.64. The second-order valence-electron chi connectivity index (χ2n) is 9.78. The van der Waals surface area contributed by atoms with Crippen molar-refractivity contribution >= 4 is 57.6 Å². The lowest BCUT2D eigenvalue weighted by molar-refractivity contribution is 0.582. The van der Waals surface area contributed by atoms with Gasteiger partial charge in [-0.3, -0.25) is 4.98 Å². The van der Waals surface area contributed by atoms with Crippen molar-refractivity contribution in [2.24, 2.45) is 0 Å². The van der Waals surface area contributed by atoms with Crippen molar-refractivity contribution in [2.45, 2.75) is 24.9 Å². The van der Waals surface area contributed by atoms with E-state index >= 15 is 0 Å². The minimum Gasteiger partial charge on any atom is -0.336 e. The summed E-state index contributed by atoms with van der Waals surface area (Å²) >= 11 is 18.1. The molecule has 11 heteroatoms. The van der Waals surface area contributed by atoms with Crippen molar-refractivity contribution in [2.75, 3.05) is 36.0 Å². The maximum atomic E-state index is 13.4. The molecule has 2 aromatic carbocycles. The number of halogens is 5. The highest BCUT2D eigenvalue weighted by Gasteiger charge is 2.26. The molecule has 2 aromatic heterocycles. The molecular formula is C30H29Cl3F2N6. The molecule has 4 heterocycles. The summed E-state index contributed by atoms with van der Waals surface area (Å²) in [5, 5.41) is 7.90. The molecule has 6 rings (SSSR count). The van der Waals surface area contributed by atoms with Crippen molar-refractivity contribution in [3.8, 4) is 0 Å². The molecule has 2 N–H and O–H groups in total. The zero-order valence-corrected chi connectivity index (χ0v) is 24.3. The quantitative estimate of drug-likeness (QED) is 0.220. The smallest absolute Gasteiger partial charge is 0.212 e. The highest BCUT2D eigenvalue weighted by Crippen LogP contribution is 2.34. The van der Waals surface area contributed by atoms with E-state index in [0.717, 1.165) is 61.8 Å². The lowest BCUT2D eigenvalue weighted by atomic mass is 10.1. The van der Waals surface area contributed by atoms with Crippen LogP contribution in [-0.4, -0.2) is 48.2 Å². The molecule has 0 unspecified atom stereocenters. The number of aromatic nitrogens is 2. The summed E-state index contributed by atoms with van der Waals surface area (Å²) in [4.78, 5) is 12.2. The maximum Gasteiger partial charge on any atom is 0.212 e.